The molecule has 6 nitrogen and oxygen atoms in total. The second kappa shape index (κ2) is 4.34. The molecule has 1 atom stereocenters. The van der Waals surface area contributed by atoms with Crippen molar-refractivity contribution in [3.63, 3.8) is 0 Å². The molecule has 1 aromatic heterocycles. The standard InChI is InChI=1S/C17H17N3O3/c21-15-12(7-14-19-11-3-1-2-4-13(11)23-14)20(6-5-18-15)16(22)17-8-10(17)9-17/h1-4,10,12H,5-9H2,(H,18,21). The van der Waals surface area contributed by atoms with Crippen LogP contribution in [0.1, 0.15) is 18.7 Å². The van der Waals surface area contributed by atoms with Crippen LogP contribution in [0.3, 0.4) is 0 Å². The molecule has 118 valence electrons. The maximum absolute atomic E-state index is 12.7. The van der Waals surface area contributed by atoms with Gasteiger partial charge in [0.05, 0.1) is 11.8 Å². The third kappa shape index (κ3) is 1.90. The Hall–Kier alpha value is -2.37. The number of benzene rings is 1. The highest BCUT2D eigenvalue weighted by molar-refractivity contribution is 5.95. The quantitative estimate of drug-likeness (QED) is 0.921. The van der Waals surface area contributed by atoms with Gasteiger partial charge in [0.25, 0.3) is 0 Å². The Balaban J connectivity index is 1.43. The number of hydrogen-bond acceptors (Lipinski definition) is 4. The van der Waals surface area contributed by atoms with Crippen LogP contribution in [0.25, 0.3) is 11.1 Å². The summed E-state index contributed by atoms with van der Waals surface area (Å²) in [7, 11) is 0. The number of carbonyl (C=O) groups excluding carboxylic acids is 2. The van der Waals surface area contributed by atoms with Crippen molar-refractivity contribution in [2.75, 3.05) is 13.1 Å². The Kier molecular flexibility index (Phi) is 2.47. The zero-order chi connectivity index (χ0) is 15.6. The molecule has 1 aliphatic heterocycles. The van der Waals surface area contributed by atoms with E-state index in [0.29, 0.717) is 36.9 Å². The van der Waals surface area contributed by atoms with Gasteiger partial charge < -0.3 is 14.6 Å². The van der Waals surface area contributed by atoms with E-state index in [2.05, 4.69) is 10.3 Å². The van der Waals surface area contributed by atoms with Crippen LogP contribution in [0, 0.1) is 11.3 Å². The lowest BCUT2D eigenvalue weighted by molar-refractivity contribution is -0.145. The summed E-state index contributed by atoms with van der Waals surface area (Å²) in [6.07, 6.45) is 2.33. The van der Waals surface area contributed by atoms with E-state index < -0.39 is 6.04 Å². The van der Waals surface area contributed by atoms with Crippen LogP contribution in [0.4, 0.5) is 0 Å². The zero-order valence-corrected chi connectivity index (χ0v) is 12.6. The van der Waals surface area contributed by atoms with Crippen molar-refractivity contribution >= 4 is 22.9 Å². The molecule has 0 spiro atoms. The minimum Gasteiger partial charge on any atom is -0.441 e. The number of carbonyl (C=O) groups is 2. The van der Waals surface area contributed by atoms with Crippen LogP contribution in [0.15, 0.2) is 28.7 Å². The van der Waals surface area contributed by atoms with Crippen LogP contribution in [-0.2, 0) is 16.0 Å². The molecular weight excluding hydrogens is 294 g/mol. The molecule has 0 bridgehead atoms. The molecule has 23 heavy (non-hydrogen) atoms. The molecule has 2 heterocycles. The Morgan fingerprint density at radius 3 is 2.91 bits per heavy atom. The third-order valence-electron chi connectivity index (χ3n) is 5.41. The van der Waals surface area contributed by atoms with Gasteiger partial charge in [0.2, 0.25) is 11.8 Å². The van der Waals surface area contributed by atoms with Gasteiger partial charge in [-0.1, -0.05) is 12.1 Å². The number of aromatic nitrogens is 1. The maximum Gasteiger partial charge on any atom is 0.243 e. The Labute approximate surface area is 132 Å². The van der Waals surface area contributed by atoms with Crippen molar-refractivity contribution in [3.8, 4) is 0 Å². The smallest absolute Gasteiger partial charge is 0.243 e. The lowest BCUT2D eigenvalue weighted by Crippen LogP contribution is -2.58. The van der Waals surface area contributed by atoms with Crippen LogP contribution < -0.4 is 5.32 Å². The summed E-state index contributed by atoms with van der Waals surface area (Å²) in [6.45, 7) is 1.10. The minimum absolute atomic E-state index is 0.110. The van der Waals surface area contributed by atoms with Gasteiger partial charge in [0.15, 0.2) is 11.5 Å². The highest BCUT2D eigenvalue weighted by Gasteiger charge is 2.75. The van der Waals surface area contributed by atoms with Crippen molar-refractivity contribution in [1.82, 2.24) is 15.2 Å². The number of amides is 2. The van der Waals surface area contributed by atoms with E-state index in [1.165, 1.54) is 0 Å². The van der Waals surface area contributed by atoms with E-state index >= 15 is 0 Å². The van der Waals surface area contributed by atoms with Gasteiger partial charge in [-0.15, -0.1) is 0 Å². The molecule has 1 aromatic carbocycles. The minimum atomic E-state index is -0.513. The highest BCUT2D eigenvalue weighted by atomic mass is 16.3. The Morgan fingerprint density at radius 1 is 1.39 bits per heavy atom. The summed E-state index contributed by atoms with van der Waals surface area (Å²) in [5.41, 5.74) is 1.37. The monoisotopic (exact) mass is 311 g/mol. The first-order valence-corrected chi connectivity index (χ1v) is 8.11. The summed E-state index contributed by atoms with van der Waals surface area (Å²) in [6, 6.07) is 7.01. The van der Waals surface area contributed by atoms with Gasteiger partial charge in [0, 0.05) is 13.1 Å². The molecule has 5 rings (SSSR count). The van der Waals surface area contributed by atoms with Crippen molar-refractivity contribution in [3.05, 3.63) is 30.2 Å². The zero-order valence-electron chi connectivity index (χ0n) is 12.6. The first-order chi connectivity index (χ1) is 11.2. The average molecular weight is 311 g/mol. The number of rotatable bonds is 3. The largest absolute Gasteiger partial charge is 0.441 e. The molecule has 6 heteroatoms. The van der Waals surface area contributed by atoms with Gasteiger partial charge in [0.1, 0.15) is 11.6 Å². The molecule has 0 radical (unpaired) electrons. The average Bonchev–Trinajstić information content (AvgIpc) is 3.37. The second-order valence-corrected chi connectivity index (χ2v) is 6.85. The fourth-order valence-corrected chi connectivity index (χ4v) is 3.67. The third-order valence-corrected chi connectivity index (χ3v) is 5.41. The van der Waals surface area contributed by atoms with E-state index in [1.807, 2.05) is 24.3 Å². The molecule has 2 aliphatic carbocycles. The van der Waals surface area contributed by atoms with Crippen molar-refractivity contribution < 1.29 is 14.0 Å². The van der Waals surface area contributed by atoms with E-state index in [1.54, 1.807) is 4.90 Å². The number of oxazole rings is 1. The lowest BCUT2D eigenvalue weighted by Gasteiger charge is -2.35. The maximum atomic E-state index is 12.7. The number of piperazine rings is 1. The predicted molar refractivity (Wildman–Crippen MR) is 81.4 cm³/mol. The molecule has 2 aromatic rings. The van der Waals surface area contributed by atoms with Gasteiger partial charge in [-0.25, -0.2) is 4.98 Å². The number of nitrogens with one attached hydrogen (secondary N) is 1. The van der Waals surface area contributed by atoms with E-state index in [-0.39, 0.29) is 17.2 Å². The normalized spacial score (nSPS) is 31.7. The van der Waals surface area contributed by atoms with Crippen LogP contribution >= 0.6 is 0 Å². The van der Waals surface area contributed by atoms with Crippen LogP contribution in [0.2, 0.25) is 0 Å². The molecule has 1 N–H and O–H groups in total. The number of para-hydroxylation sites is 2. The second-order valence-electron chi connectivity index (χ2n) is 6.85. The van der Waals surface area contributed by atoms with Crippen LogP contribution in [-0.4, -0.2) is 40.8 Å². The summed E-state index contributed by atoms with van der Waals surface area (Å²) in [4.78, 5) is 31.2. The van der Waals surface area contributed by atoms with Crippen molar-refractivity contribution in [2.24, 2.45) is 11.3 Å². The first-order valence-electron chi connectivity index (χ1n) is 8.11. The van der Waals surface area contributed by atoms with Gasteiger partial charge in [-0.2, -0.15) is 0 Å². The Morgan fingerprint density at radius 2 is 2.17 bits per heavy atom. The van der Waals surface area contributed by atoms with E-state index in [0.717, 1.165) is 18.4 Å². The van der Waals surface area contributed by atoms with Gasteiger partial charge >= 0.3 is 0 Å². The number of hydrogen-bond donors (Lipinski definition) is 1. The van der Waals surface area contributed by atoms with E-state index in [4.69, 9.17) is 4.42 Å². The molecular formula is C17H17N3O3. The fourth-order valence-electron chi connectivity index (χ4n) is 3.67. The SMILES string of the molecule is O=C1NCCN(C(=O)C23CC2C3)C1Cc1nc2ccccc2o1. The molecule has 2 amide bonds. The molecule has 3 fully saturated rings. The summed E-state index contributed by atoms with van der Waals surface area (Å²) < 4.78 is 5.73. The fraction of sp³-hybridized carbons (Fsp3) is 0.471. The lowest BCUT2D eigenvalue weighted by atomic mass is 10.1. The number of nitrogens with zero attached hydrogens (tertiary/aromatic N) is 2. The summed E-state index contributed by atoms with van der Waals surface area (Å²) in [5, 5.41) is 2.85. The van der Waals surface area contributed by atoms with Gasteiger partial charge in [-0.3, -0.25) is 9.59 Å². The van der Waals surface area contributed by atoms with E-state index in [9.17, 15) is 9.59 Å². The van der Waals surface area contributed by atoms with Crippen molar-refractivity contribution in [2.45, 2.75) is 25.3 Å². The summed E-state index contributed by atoms with van der Waals surface area (Å²) in [5.74, 6) is 1.12. The highest BCUT2D eigenvalue weighted by Crippen LogP contribution is 2.76. The predicted octanol–water partition coefficient (Wildman–Crippen LogP) is 1.11. The van der Waals surface area contributed by atoms with Crippen molar-refractivity contribution in [1.29, 1.82) is 0 Å². The topological polar surface area (TPSA) is 75.4 Å². The van der Waals surface area contributed by atoms with Crippen LogP contribution in [0.5, 0.6) is 0 Å². The molecule has 1 unspecified atom stereocenters. The molecule has 1 saturated heterocycles. The Bertz CT molecular complexity index is 788. The summed E-state index contributed by atoms with van der Waals surface area (Å²) >= 11 is 0. The number of fused-ring (bicyclic) bond motifs is 2. The first kappa shape index (κ1) is 13.1. The molecule has 3 aliphatic rings. The molecule has 2 saturated carbocycles. The van der Waals surface area contributed by atoms with Gasteiger partial charge in [-0.05, 0) is 30.9 Å².